The van der Waals surface area contributed by atoms with E-state index in [1.807, 2.05) is 0 Å². The Kier molecular flexibility index (Phi) is 5.45. The van der Waals surface area contributed by atoms with Gasteiger partial charge in [-0.2, -0.15) is 0 Å². The number of likely N-dealkylation sites (tertiary alicyclic amines) is 1. The van der Waals surface area contributed by atoms with Gasteiger partial charge in [-0.1, -0.05) is 26.0 Å². The summed E-state index contributed by atoms with van der Waals surface area (Å²) >= 11 is 0. The predicted molar refractivity (Wildman–Crippen MR) is 84.0 cm³/mol. The van der Waals surface area contributed by atoms with Crippen molar-refractivity contribution in [2.75, 3.05) is 18.4 Å². The number of anilines is 1. The maximum Gasteiger partial charge on any atom is 0.242 e. The van der Waals surface area contributed by atoms with E-state index < -0.39 is 0 Å². The molecular weight excluding hydrogens is 248 g/mol. The SMILES string of the molecule is CCc1ccc(NCC(=O)N2CCCCC2CC)cc1. The fourth-order valence-corrected chi connectivity index (χ4v) is 2.89. The van der Waals surface area contributed by atoms with Crippen LogP contribution in [-0.2, 0) is 11.2 Å². The molecule has 20 heavy (non-hydrogen) atoms. The highest BCUT2D eigenvalue weighted by molar-refractivity contribution is 5.81. The van der Waals surface area contributed by atoms with E-state index in [1.54, 1.807) is 0 Å². The van der Waals surface area contributed by atoms with Crippen LogP contribution in [0.3, 0.4) is 0 Å². The van der Waals surface area contributed by atoms with E-state index in [9.17, 15) is 4.79 Å². The van der Waals surface area contributed by atoms with Gasteiger partial charge in [-0.3, -0.25) is 4.79 Å². The van der Waals surface area contributed by atoms with Crippen molar-refractivity contribution in [2.24, 2.45) is 0 Å². The minimum Gasteiger partial charge on any atom is -0.376 e. The first-order valence-electron chi connectivity index (χ1n) is 7.86. The molecule has 1 fully saturated rings. The number of hydrogen-bond donors (Lipinski definition) is 1. The normalized spacial score (nSPS) is 18.9. The van der Waals surface area contributed by atoms with Gasteiger partial charge in [-0.05, 0) is 49.8 Å². The Morgan fingerprint density at radius 1 is 1.25 bits per heavy atom. The molecule has 1 aliphatic heterocycles. The zero-order valence-corrected chi connectivity index (χ0v) is 12.7. The number of hydrogen-bond acceptors (Lipinski definition) is 2. The van der Waals surface area contributed by atoms with E-state index in [2.05, 4.69) is 48.3 Å². The summed E-state index contributed by atoms with van der Waals surface area (Å²) in [5, 5.41) is 3.25. The molecule has 1 aromatic rings. The molecule has 1 amide bonds. The molecule has 1 aromatic carbocycles. The number of nitrogens with zero attached hydrogens (tertiary/aromatic N) is 1. The molecule has 110 valence electrons. The van der Waals surface area contributed by atoms with Crippen molar-refractivity contribution in [2.45, 2.75) is 52.0 Å². The number of piperidine rings is 1. The zero-order valence-electron chi connectivity index (χ0n) is 12.7. The van der Waals surface area contributed by atoms with Gasteiger partial charge < -0.3 is 10.2 Å². The Balaban J connectivity index is 1.87. The van der Waals surface area contributed by atoms with Crippen molar-refractivity contribution >= 4 is 11.6 Å². The highest BCUT2D eigenvalue weighted by Crippen LogP contribution is 2.19. The maximum atomic E-state index is 12.3. The number of aryl methyl sites for hydroxylation is 1. The number of amides is 1. The molecule has 0 aliphatic carbocycles. The van der Waals surface area contributed by atoms with E-state index >= 15 is 0 Å². The molecule has 1 unspecified atom stereocenters. The van der Waals surface area contributed by atoms with Crippen LogP contribution >= 0.6 is 0 Å². The van der Waals surface area contributed by atoms with Crippen molar-refractivity contribution in [1.29, 1.82) is 0 Å². The third-order valence-electron chi connectivity index (χ3n) is 4.22. The van der Waals surface area contributed by atoms with Crippen LogP contribution in [0.1, 0.15) is 45.1 Å². The molecule has 1 atom stereocenters. The van der Waals surface area contributed by atoms with Gasteiger partial charge in [-0.15, -0.1) is 0 Å². The van der Waals surface area contributed by atoms with Crippen LogP contribution in [0.15, 0.2) is 24.3 Å². The first-order valence-corrected chi connectivity index (χ1v) is 7.86. The van der Waals surface area contributed by atoms with Gasteiger partial charge in [-0.25, -0.2) is 0 Å². The van der Waals surface area contributed by atoms with Crippen LogP contribution in [0.5, 0.6) is 0 Å². The lowest BCUT2D eigenvalue weighted by molar-refractivity contribution is -0.133. The lowest BCUT2D eigenvalue weighted by Crippen LogP contribution is -2.45. The fraction of sp³-hybridized carbons (Fsp3) is 0.588. The highest BCUT2D eigenvalue weighted by atomic mass is 16.2. The van der Waals surface area contributed by atoms with Crippen LogP contribution in [0.4, 0.5) is 5.69 Å². The largest absolute Gasteiger partial charge is 0.376 e. The second kappa shape index (κ2) is 7.32. The molecule has 0 radical (unpaired) electrons. The number of carbonyl (C=O) groups is 1. The summed E-state index contributed by atoms with van der Waals surface area (Å²) in [5.41, 5.74) is 2.35. The Morgan fingerprint density at radius 2 is 2.00 bits per heavy atom. The maximum absolute atomic E-state index is 12.3. The first-order chi connectivity index (χ1) is 9.74. The molecule has 0 saturated carbocycles. The second-order valence-corrected chi connectivity index (χ2v) is 5.55. The minimum absolute atomic E-state index is 0.233. The van der Waals surface area contributed by atoms with E-state index in [4.69, 9.17) is 0 Å². The number of benzene rings is 1. The molecule has 1 N–H and O–H groups in total. The average molecular weight is 274 g/mol. The lowest BCUT2D eigenvalue weighted by Gasteiger charge is -2.35. The van der Waals surface area contributed by atoms with Crippen molar-refractivity contribution in [1.82, 2.24) is 4.90 Å². The first kappa shape index (κ1) is 14.9. The Labute approximate surface area is 122 Å². The molecule has 0 spiro atoms. The molecule has 1 aliphatic rings. The van der Waals surface area contributed by atoms with E-state index in [0.29, 0.717) is 12.6 Å². The third kappa shape index (κ3) is 3.75. The van der Waals surface area contributed by atoms with Gasteiger partial charge in [0.15, 0.2) is 0 Å². The molecule has 0 bridgehead atoms. The summed E-state index contributed by atoms with van der Waals surface area (Å²) in [6.07, 6.45) is 5.68. The Hall–Kier alpha value is -1.51. The molecule has 0 aromatic heterocycles. The van der Waals surface area contributed by atoms with Gasteiger partial charge in [0.25, 0.3) is 0 Å². The standard InChI is InChI=1S/C17H26N2O/c1-3-14-8-10-15(11-9-14)18-13-17(20)19-12-6-5-7-16(19)4-2/h8-11,16,18H,3-7,12-13H2,1-2H3. The van der Waals surface area contributed by atoms with Crippen molar-refractivity contribution in [3.8, 4) is 0 Å². The van der Waals surface area contributed by atoms with Gasteiger partial charge in [0.05, 0.1) is 6.54 Å². The van der Waals surface area contributed by atoms with Gasteiger partial charge >= 0.3 is 0 Å². The van der Waals surface area contributed by atoms with E-state index in [-0.39, 0.29) is 5.91 Å². The Bertz CT molecular complexity index is 427. The van der Waals surface area contributed by atoms with E-state index in [0.717, 1.165) is 37.9 Å². The molecular formula is C17H26N2O. The van der Waals surface area contributed by atoms with Crippen molar-refractivity contribution in [3.63, 3.8) is 0 Å². The number of nitrogens with one attached hydrogen (secondary N) is 1. The third-order valence-corrected chi connectivity index (χ3v) is 4.22. The van der Waals surface area contributed by atoms with Crippen LogP contribution in [-0.4, -0.2) is 29.9 Å². The lowest BCUT2D eigenvalue weighted by atomic mass is 10.00. The van der Waals surface area contributed by atoms with Gasteiger partial charge in [0.1, 0.15) is 0 Å². The summed E-state index contributed by atoms with van der Waals surface area (Å²) in [4.78, 5) is 14.4. The topological polar surface area (TPSA) is 32.3 Å². The second-order valence-electron chi connectivity index (χ2n) is 5.55. The summed E-state index contributed by atoms with van der Waals surface area (Å²) in [5.74, 6) is 0.233. The van der Waals surface area contributed by atoms with Gasteiger partial charge in [0, 0.05) is 18.3 Å². The van der Waals surface area contributed by atoms with Crippen molar-refractivity contribution < 1.29 is 4.79 Å². The highest BCUT2D eigenvalue weighted by Gasteiger charge is 2.24. The van der Waals surface area contributed by atoms with Crippen LogP contribution in [0.25, 0.3) is 0 Å². The van der Waals surface area contributed by atoms with Crippen LogP contribution in [0, 0.1) is 0 Å². The van der Waals surface area contributed by atoms with E-state index in [1.165, 1.54) is 12.0 Å². The summed E-state index contributed by atoms with van der Waals surface area (Å²) < 4.78 is 0. The summed E-state index contributed by atoms with van der Waals surface area (Å²) in [7, 11) is 0. The molecule has 3 heteroatoms. The quantitative estimate of drug-likeness (QED) is 0.892. The molecule has 1 heterocycles. The number of rotatable bonds is 5. The van der Waals surface area contributed by atoms with Crippen molar-refractivity contribution in [3.05, 3.63) is 29.8 Å². The number of carbonyl (C=O) groups excluding carboxylic acids is 1. The Morgan fingerprint density at radius 3 is 2.65 bits per heavy atom. The summed E-state index contributed by atoms with van der Waals surface area (Å²) in [6, 6.07) is 8.78. The van der Waals surface area contributed by atoms with Crippen LogP contribution < -0.4 is 5.32 Å². The average Bonchev–Trinajstić information content (AvgIpc) is 2.53. The molecule has 1 saturated heterocycles. The fourth-order valence-electron chi connectivity index (χ4n) is 2.89. The molecule has 3 nitrogen and oxygen atoms in total. The minimum atomic E-state index is 0.233. The smallest absolute Gasteiger partial charge is 0.242 e. The van der Waals surface area contributed by atoms with Gasteiger partial charge in [0.2, 0.25) is 5.91 Å². The monoisotopic (exact) mass is 274 g/mol. The predicted octanol–water partition coefficient (Wildman–Crippen LogP) is 3.45. The van der Waals surface area contributed by atoms with Crippen LogP contribution in [0.2, 0.25) is 0 Å². The zero-order chi connectivity index (χ0) is 14.4. The summed E-state index contributed by atoms with van der Waals surface area (Å²) in [6.45, 7) is 5.65. The molecule has 2 rings (SSSR count).